The lowest BCUT2D eigenvalue weighted by Gasteiger charge is -2.24. The molecule has 0 spiro atoms. The minimum atomic E-state index is -0.504. The molecule has 192 valence electrons. The Labute approximate surface area is 228 Å². The molecule has 0 saturated carbocycles. The topological polar surface area (TPSA) is 92.7 Å². The molecule has 0 amide bonds. The molecule has 0 saturated heterocycles. The van der Waals surface area contributed by atoms with E-state index in [4.69, 9.17) is 11.6 Å². The number of nitrogens with zero attached hydrogens (tertiary/aromatic N) is 3. The molecule has 39 heavy (non-hydrogen) atoms. The van der Waals surface area contributed by atoms with Crippen LogP contribution in [0.4, 0.5) is 5.82 Å². The number of hydrogen-bond donors (Lipinski definition) is 2. The summed E-state index contributed by atoms with van der Waals surface area (Å²) in [5, 5.41) is 5.28. The van der Waals surface area contributed by atoms with Gasteiger partial charge < -0.3 is 10.3 Å². The fourth-order valence-corrected chi connectivity index (χ4v) is 5.41. The number of halogens is 1. The number of para-hydroxylation sites is 1. The van der Waals surface area contributed by atoms with E-state index < -0.39 is 6.04 Å². The Kier molecular flexibility index (Phi) is 6.21. The number of hydrogen-bond acceptors (Lipinski definition) is 5. The number of pyridine rings is 2. The van der Waals surface area contributed by atoms with E-state index in [1.54, 1.807) is 10.8 Å². The molecular weight excluding hydrogens is 510 g/mol. The molecular formula is C31H24ClN5O2. The van der Waals surface area contributed by atoms with Gasteiger partial charge in [0.25, 0.3) is 5.56 Å². The molecule has 1 atom stereocenters. The number of aryl methyl sites for hydroxylation is 1. The molecule has 2 N–H and O–H groups in total. The van der Waals surface area contributed by atoms with E-state index in [1.165, 1.54) is 12.4 Å². The van der Waals surface area contributed by atoms with Crippen LogP contribution in [0.2, 0.25) is 5.02 Å². The number of fused-ring (bicyclic) bond motifs is 2. The van der Waals surface area contributed by atoms with E-state index in [0.717, 1.165) is 16.7 Å². The van der Waals surface area contributed by atoms with Gasteiger partial charge in [-0.05, 0) is 37.1 Å². The van der Waals surface area contributed by atoms with Crippen molar-refractivity contribution < 1.29 is 0 Å². The van der Waals surface area contributed by atoms with Crippen LogP contribution in [0.15, 0.2) is 101 Å². The number of nitrogens with one attached hydrogen (secondary N) is 2. The van der Waals surface area contributed by atoms with Crippen molar-refractivity contribution in [3.8, 4) is 16.8 Å². The van der Waals surface area contributed by atoms with Gasteiger partial charge in [-0.1, -0.05) is 77.8 Å². The lowest BCUT2D eigenvalue weighted by atomic mass is 9.97. The van der Waals surface area contributed by atoms with E-state index in [-0.39, 0.29) is 11.0 Å². The number of aromatic nitrogens is 4. The molecule has 0 unspecified atom stereocenters. The summed E-state index contributed by atoms with van der Waals surface area (Å²) in [7, 11) is 0. The Bertz CT molecular complexity index is 1960. The predicted octanol–water partition coefficient (Wildman–Crippen LogP) is 6.42. The third-order valence-corrected chi connectivity index (χ3v) is 7.27. The predicted molar refractivity (Wildman–Crippen MR) is 157 cm³/mol. The highest BCUT2D eigenvalue weighted by Gasteiger charge is 2.24. The van der Waals surface area contributed by atoms with E-state index in [1.807, 2.05) is 86.6 Å². The summed E-state index contributed by atoms with van der Waals surface area (Å²) in [6.45, 7) is 3.92. The highest BCUT2D eigenvalue weighted by Crippen LogP contribution is 2.36. The second-order valence-corrected chi connectivity index (χ2v) is 9.80. The second kappa shape index (κ2) is 9.85. The molecule has 6 aromatic rings. The summed E-state index contributed by atoms with van der Waals surface area (Å²) < 4.78 is 1.65. The van der Waals surface area contributed by atoms with Crippen LogP contribution in [0, 0.1) is 6.92 Å². The van der Waals surface area contributed by atoms with Gasteiger partial charge >= 0.3 is 0 Å². The van der Waals surface area contributed by atoms with E-state index >= 15 is 0 Å². The smallest absolute Gasteiger partial charge is 0.263 e. The minimum Gasteiger partial charge on any atom is -0.361 e. The van der Waals surface area contributed by atoms with Crippen molar-refractivity contribution >= 4 is 39.2 Å². The SMILES string of the molecule is Cc1ccc(-c2cccc3c(Cl)c([C@H](C)Nc4ncnc5[nH]ccc(=O)c45)n(-c4ccccc4)c(=O)c23)cc1. The third kappa shape index (κ3) is 4.27. The average Bonchev–Trinajstić information content (AvgIpc) is 2.95. The minimum absolute atomic E-state index is 0.189. The quantitative estimate of drug-likeness (QED) is 0.266. The summed E-state index contributed by atoms with van der Waals surface area (Å²) in [6.07, 6.45) is 2.93. The Morgan fingerprint density at radius 3 is 2.44 bits per heavy atom. The first kappa shape index (κ1) is 24.6. The molecule has 3 heterocycles. The van der Waals surface area contributed by atoms with E-state index in [0.29, 0.717) is 44.0 Å². The van der Waals surface area contributed by atoms with Gasteiger partial charge in [-0.3, -0.25) is 14.2 Å². The van der Waals surface area contributed by atoms with Gasteiger partial charge in [0.15, 0.2) is 5.43 Å². The van der Waals surface area contributed by atoms with Crippen molar-refractivity contribution in [3.63, 3.8) is 0 Å². The Balaban J connectivity index is 1.62. The highest BCUT2D eigenvalue weighted by atomic mass is 35.5. The van der Waals surface area contributed by atoms with Crippen molar-refractivity contribution in [2.24, 2.45) is 0 Å². The van der Waals surface area contributed by atoms with Crippen molar-refractivity contribution in [3.05, 3.63) is 128 Å². The van der Waals surface area contributed by atoms with Crippen molar-refractivity contribution in [1.82, 2.24) is 19.5 Å². The van der Waals surface area contributed by atoms with Crippen LogP contribution in [0.5, 0.6) is 0 Å². The molecule has 8 heteroatoms. The summed E-state index contributed by atoms with van der Waals surface area (Å²) >= 11 is 7.16. The first-order chi connectivity index (χ1) is 18.9. The number of H-pyrrole nitrogens is 1. The van der Waals surface area contributed by atoms with E-state index in [2.05, 4.69) is 20.3 Å². The molecule has 3 aromatic heterocycles. The zero-order valence-corrected chi connectivity index (χ0v) is 22.0. The van der Waals surface area contributed by atoms with Crippen molar-refractivity contribution in [2.45, 2.75) is 19.9 Å². The van der Waals surface area contributed by atoms with Gasteiger partial charge in [0.2, 0.25) is 0 Å². The van der Waals surface area contributed by atoms with Gasteiger partial charge in [-0.15, -0.1) is 0 Å². The maximum absolute atomic E-state index is 14.4. The van der Waals surface area contributed by atoms with Gasteiger partial charge in [0.1, 0.15) is 23.2 Å². The van der Waals surface area contributed by atoms with Gasteiger partial charge in [-0.2, -0.15) is 0 Å². The first-order valence-electron chi connectivity index (χ1n) is 12.5. The largest absolute Gasteiger partial charge is 0.361 e. The van der Waals surface area contributed by atoms with Gasteiger partial charge in [0, 0.05) is 23.3 Å². The molecule has 0 fully saturated rings. The fraction of sp³-hybridized carbons (Fsp3) is 0.0968. The molecule has 6 rings (SSSR count). The van der Waals surface area contributed by atoms with Crippen LogP contribution in [-0.4, -0.2) is 19.5 Å². The maximum Gasteiger partial charge on any atom is 0.263 e. The van der Waals surface area contributed by atoms with E-state index in [9.17, 15) is 9.59 Å². The second-order valence-electron chi connectivity index (χ2n) is 9.42. The molecule has 0 aliphatic heterocycles. The summed E-state index contributed by atoms with van der Waals surface area (Å²) in [5.74, 6) is 0.353. The molecule has 7 nitrogen and oxygen atoms in total. The standard InChI is InChI=1S/C31H24ClN5O2/c1-18-11-13-20(14-12-18)22-9-6-10-23-25(22)31(39)37(21-7-4-3-5-8-21)28(27(23)32)19(2)36-30-26-24(38)15-16-33-29(26)34-17-35-30/h3-17,19H,1-2H3,(H2,33,34,35,36,38)/t19-/m0/s1. The maximum atomic E-state index is 14.4. The Hall–Kier alpha value is -4.75. The number of rotatable bonds is 5. The zero-order chi connectivity index (χ0) is 27.1. The monoisotopic (exact) mass is 533 g/mol. The lowest BCUT2D eigenvalue weighted by Crippen LogP contribution is -2.27. The van der Waals surface area contributed by atoms with Crippen LogP contribution in [0.3, 0.4) is 0 Å². The molecule has 0 aliphatic carbocycles. The molecule has 3 aromatic carbocycles. The van der Waals surface area contributed by atoms with Crippen LogP contribution in [0.1, 0.15) is 24.2 Å². The number of anilines is 1. The molecule has 0 bridgehead atoms. The summed E-state index contributed by atoms with van der Waals surface area (Å²) in [6, 6.07) is 24.1. The highest BCUT2D eigenvalue weighted by molar-refractivity contribution is 6.36. The number of aromatic amines is 1. The summed E-state index contributed by atoms with van der Waals surface area (Å²) in [5.41, 5.74) is 4.13. The van der Waals surface area contributed by atoms with Crippen LogP contribution in [-0.2, 0) is 0 Å². The fourth-order valence-electron chi connectivity index (χ4n) is 5.00. The zero-order valence-electron chi connectivity index (χ0n) is 21.3. The first-order valence-corrected chi connectivity index (χ1v) is 12.9. The van der Waals surface area contributed by atoms with Crippen LogP contribution in [0.25, 0.3) is 38.6 Å². The van der Waals surface area contributed by atoms with Crippen molar-refractivity contribution in [1.29, 1.82) is 0 Å². The average molecular weight is 534 g/mol. The lowest BCUT2D eigenvalue weighted by molar-refractivity contribution is 0.774. The summed E-state index contributed by atoms with van der Waals surface area (Å²) in [4.78, 5) is 38.6. The molecule has 0 aliphatic rings. The third-order valence-electron chi connectivity index (χ3n) is 6.87. The Morgan fingerprint density at radius 2 is 1.67 bits per heavy atom. The number of benzene rings is 3. The van der Waals surface area contributed by atoms with Gasteiger partial charge in [0.05, 0.1) is 22.1 Å². The van der Waals surface area contributed by atoms with Gasteiger partial charge in [-0.25, -0.2) is 9.97 Å². The molecule has 0 radical (unpaired) electrons. The van der Waals surface area contributed by atoms with Crippen LogP contribution >= 0.6 is 11.6 Å². The van der Waals surface area contributed by atoms with Crippen molar-refractivity contribution in [2.75, 3.05) is 5.32 Å². The Morgan fingerprint density at radius 1 is 0.897 bits per heavy atom. The van der Waals surface area contributed by atoms with Crippen LogP contribution < -0.4 is 16.3 Å². The normalized spacial score (nSPS) is 12.1.